The molecule has 2 N–H and O–H groups in total. The lowest BCUT2D eigenvalue weighted by molar-refractivity contribution is -0.141. The summed E-state index contributed by atoms with van der Waals surface area (Å²) in [7, 11) is 0. The van der Waals surface area contributed by atoms with Crippen LogP contribution in [0.3, 0.4) is 0 Å². The molecular weight excluding hydrogens is 170 g/mol. The molecule has 1 aliphatic carbocycles. The molecule has 0 spiro atoms. The van der Waals surface area contributed by atoms with E-state index in [1.165, 1.54) is 0 Å². The first-order valence-electron chi connectivity index (χ1n) is 4.66. The van der Waals surface area contributed by atoms with Gasteiger partial charge in [-0.05, 0) is 24.8 Å². The number of ketones is 1. The van der Waals surface area contributed by atoms with Crippen LogP contribution in [0.25, 0.3) is 0 Å². The lowest BCUT2D eigenvalue weighted by Gasteiger charge is -2.25. The van der Waals surface area contributed by atoms with E-state index in [1.807, 2.05) is 0 Å². The molecule has 4 heteroatoms. The summed E-state index contributed by atoms with van der Waals surface area (Å²) < 4.78 is 0. The predicted octanol–water partition coefficient (Wildman–Crippen LogP) is 0.0282. The molecule has 0 aromatic carbocycles. The second-order valence-corrected chi connectivity index (χ2v) is 3.93. The molecular formula is C9H13NO3. The van der Waals surface area contributed by atoms with Crippen molar-refractivity contribution in [3.8, 4) is 0 Å². The van der Waals surface area contributed by atoms with Crippen molar-refractivity contribution in [3.63, 3.8) is 0 Å². The third kappa shape index (κ3) is 1.46. The highest BCUT2D eigenvalue weighted by Gasteiger charge is 2.42. The third-order valence-corrected chi connectivity index (χ3v) is 3.15. The van der Waals surface area contributed by atoms with Gasteiger partial charge in [-0.25, -0.2) is 0 Å². The van der Waals surface area contributed by atoms with Crippen LogP contribution in [0.15, 0.2) is 0 Å². The number of carboxylic acids is 1. The van der Waals surface area contributed by atoms with Crippen LogP contribution in [0.4, 0.5) is 0 Å². The van der Waals surface area contributed by atoms with Crippen LogP contribution >= 0.6 is 0 Å². The Hall–Kier alpha value is -0.900. The van der Waals surface area contributed by atoms with Gasteiger partial charge in [0.2, 0.25) is 0 Å². The molecule has 72 valence electrons. The molecule has 0 bridgehead atoms. The summed E-state index contributed by atoms with van der Waals surface area (Å²) in [6.07, 6.45) is 1.88. The zero-order valence-electron chi connectivity index (χ0n) is 7.32. The number of nitrogens with one attached hydrogen (secondary N) is 1. The summed E-state index contributed by atoms with van der Waals surface area (Å²) in [6.45, 7) is 0.688. The van der Waals surface area contributed by atoms with Crippen LogP contribution in [0.5, 0.6) is 0 Å². The fourth-order valence-electron chi connectivity index (χ4n) is 2.47. The molecule has 2 fully saturated rings. The van der Waals surface area contributed by atoms with Crippen molar-refractivity contribution in [2.75, 3.05) is 6.54 Å². The molecule has 4 nitrogen and oxygen atoms in total. The van der Waals surface area contributed by atoms with Crippen molar-refractivity contribution < 1.29 is 14.7 Å². The molecule has 3 atom stereocenters. The van der Waals surface area contributed by atoms with Crippen molar-refractivity contribution in [1.82, 2.24) is 5.32 Å². The van der Waals surface area contributed by atoms with Crippen LogP contribution in [-0.2, 0) is 9.59 Å². The van der Waals surface area contributed by atoms with Crippen LogP contribution in [0, 0.1) is 11.8 Å². The Morgan fingerprint density at radius 3 is 3.00 bits per heavy atom. The lowest BCUT2D eigenvalue weighted by Crippen LogP contribution is -2.37. The number of hydrogen-bond acceptors (Lipinski definition) is 3. The van der Waals surface area contributed by atoms with E-state index in [0.29, 0.717) is 19.4 Å². The van der Waals surface area contributed by atoms with Crippen molar-refractivity contribution >= 4 is 11.8 Å². The predicted molar refractivity (Wildman–Crippen MR) is 45.3 cm³/mol. The van der Waals surface area contributed by atoms with Gasteiger partial charge >= 0.3 is 5.97 Å². The van der Waals surface area contributed by atoms with E-state index in [2.05, 4.69) is 5.32 Å². The topological polar surface area (TPSA) is 66.4 Å². The molecule has 0 amide bonds. The van der Waals surface area contributed by atoms with E-state index in [9.17, 15) is 9.59 Å². The van der Waals surface area contributed by atoms with E-state index in [0.717, 1.165) is 6.42 Å². The minimum absolute atomic E-state index is 0.176. The molecule has 1 saturated carbocycles. The van der Waals surface area contributed by atoms with Gasteiger partial charge in [-0.15, -0.1) is 0 Å². The van der Waals surface area contributed by atoms with Crippen LogP contribution in [-0.4, -0.2) is 29.4 Å². The number of hydrogen-bond donors (Lipinski definition) is 2. The zero-order chi connectivity index (χ0) is 9.42. The van der Waals surface area contributed by atoms with E-state index in [-0.39, 0.29) is 17.6 Å². The van der Waals surface area contributed by atoms with Gasteiger partial charge in [0.25, 0.3) is 0 Å². The Kier molecular flexibility index (Phi) is 2.07. The highest BCUT2D eigenvalue weighted by atomic mass is 16.4. The van der Waals surface area contributed by atoms with Gasteiger partial charge in [-0.1, -0.05) is 0 Å². The highest BCUT2D eigenvalue weighted by Crippen LogP contribution is 2.34. The number of Topliss-reactive ketones (excluding diaryl/α,β-unsaturated/α-hetero) is 1. The number of aliphatic carboxylic acids is 1. The fourth-order valence-corrected chi connectivity index (χ4v) is 2.47. The first kappa shape index (κ1) is 8.69. The summed E-state index contributed by atoms with van der Waals surface area (Å²) in [5.74, 6) is -0.0477. The number of rotatable bonds is 1. The fraction of sp³-hybridized carbons (Fsp3) is 0.778. The maximum Gasteiger partial charge on any atom is 0.320 e. The van der Waals surface area contributed by atoms with Gasteiger partial charge in [0.05, 0.1) is 0 Å². The Labute approximate surface area is 76.3 Å². The quantitative estimate of drug-likeness (QED) is 0.601. The second kappa shape index (κ2) is 3.10. The van der Waals surface area contributed by atoms with Crippen LogP contribution in [0.2, 0.25) is 0 Å². The molecule has 2 rings (SSSR count). The number of carbonyl (C=O) groups excluding carboxylic acids is 1. The van der Waals surface area contributed by atoms with E-state index < -0.39 is 12.0 Å². The smallest absolute Gasteiger partial charge is 0.320 e. The zero-order valence-corrected chi connectivity index (χ0v) is 7.32. The van der Waals surface area contributed by atoms with Crippen molar-refractivity contribution in [2.24, 2.45) is 11.8 Å². The lowest BCUT2D eigenvalue weighted by atomic mass is 9.78. The van der Waals surface area contributed by atoms with Gasteiger partial charge < -0.3 is 10.4 Å². The van der Waals surface area contributed by atoms with Crippen LogP contribution in [0.1, 0.15) is 19.3 Å². The molecule has 1 saturated heterocycles. The van der Waals surface area contributed by atoms with Gasteiger partial charge in [-0.2, -0.15) is 0 Å². The van der Waals surface area contributed by atoms with E-state index >= 15 is 0 Å². The third-order valence-electron chi connectivity index (χ3n) is 3.15. The molecule has 0 radical (unpaired) electrons. The molecule has 0 aromatic heterocycles. The largest absolute Gasteiger partial charge is 0.480 e. The normalized spacial score (nSPS) is 38.8. The highest BCUT2D eigenvalue weighted by molar-refractivity contribution is 5.81. The number of carboxylic acid groups (broad SMARTS) is 1. The summed E-state index contributed by atoms with van der Waals surface area (Å²) >= 11 is 0. The molecule has 0 aromatic rings. The number of carbonyl (C=O) groups is 2. The summed E-state index contributed by atoms with van der Waals surface area (Å²) in [4.78, 5) is 21.9. The molecule has 1 aliphatic heterocycles. The standard InChI is InChI=1S/C9H13NO3/c11-6-1-2-7-5(3-6)4-10-8(7)9(12)13/h5,7-8,10H,1-4H2,(H,12,13)/t5-,7-,8+/m1/s1. The van der Waals surface area contributed by atoms with Crippen LogP contribution < -0.4 is 5.32 Å². The Morgan fingerprint density at radius 2 is 2.31 bits per heavy atom. The van der Waals surface area contributed by atoms with Crippen molar-refractivity contribution in [1.29, 1.82) is 0 Å². The first-order chi connectivity index (χ1) is 6.18. The van der Waals surface area contributed by atoms with Crippen molar-refractivity contribution in [2.45, 2.75) is 25.3 Å². The minimum Gasteiger partial charge on any atom is -0.480 e. The minimum atomic E-state index is -0.776. The van der Waals surface area contributed by atoms with Gasteiger partial charge in [0.1, 0.15) is 11.8 Å². The maximum absolute atomic E-state index is 11.1. The summed E-state index contributed by atoms with van der Waals surface area (Å²) in [5.41, 5.74) is 0. The Bertz CT molecular complexity index is 251. The summed E-state index contributed by atoms with van der Waals surface area (Å²) in [5, 5.41) is 11.8. The number of fused-ring (bicyclic) bond motifs is 1. The summed E-state index contributed by atoms with van der Waals surface area (Å²) in [6, 6.07) is -0.418. The molecule has 2 aliphatic rings. The monoisotopic (exact) mass is 183 g/mol. The van der Waals surface area contributed by atoms with Gasteiger partial charge in [0.15, 0.2) is 0 Å². The Morgan fingerprint density at radius 1 is 1.54 bits per heavy atom. The molecule has 13 heavy (non-hydrogen) atoms. The maximum atomic E-state index is 11.1. The average Bonchev–Trinajstić information content (AvgIpc) is 2.46. The molecule has 1 heterocycles. The SMILES string of the molecule is O=C1CC[C@@H]2[C@@H](CN[C@@H]2C(=O)O)C1. The Balaban J connectivity index is 2.08. The van der Waals surface area contributed by atoms with Gasteiger partial charge in [0, 0.05) is 12.8 Å². The van der Waals surface area contributed by atoms with Gasteiger partial charge in [-0.3, -0.25) is 9.59 Å². The second-order valence-electron chi connectivity index (χ2n) is 3.93. The average molecular weight is 183 g/mol. The first-order valence-corrected chi connectivity index (χ1v) is 4.66. The van der Waals surface area contributed by atoms with E-state index in [4.69, 9.17) is 5.11 Å². The van der Waals surface area contributed by atoms with Crippen molar-refractivity contribution in [3.05, 3.63) is 0 Å². The molecule has 0 unspecified atom stereocenters. The van der Waals surface area contributed by atoms with E-state index in [1.54, 1.807) is 0 Å².